The smallest absolute Gasteiger partial charge is 0.328 e. The summed E-state index contributed by atoms with van der Waals surface area (Å²) in [4.78, 5) is 36.8. The fourth-order valence-corrected chi connectivity index (χ4v) is 2.03. The monoisotopic (exact) mass is 288 g/mol. The molecule has 0 saturated carbocycles. The number of benzene rings is 1. The molecule has 1 aromatic heterocycles. The van der Waals surface area contributed by atoms with Gasteiger partial charge in [-0.1, -0.05) is 24.3 Å². The van der Waals surface area contributed by atoms with Crippen molar-refractivity contribution in [3.8, 4) is 0 Å². The van der Waals surface area contributed by atoms with Gasteiger partial charge in [0.15, 0.2) is 0 Å². The van der Waals surface area contributed by atoms with Crippen molar-refractivity contribution in [2.45, 2.75) is 19.9 Å². The van der Waals surface area contributed by atoms with Crippen LogP contribution in [0.25, 0.3) is 0 Å². The van der Waals surface area contributed by atoms with Crippen LogP contribution < -0.4 is 11.2 Å². The van der Waals surface area contributed by atoms with Gasteiger partial charge in [-0.25, -0.2) is 4.79 Å². The van der Waals surface area contributed by atoms with E-state index in [0.717, 1.165) is 11.1 Å². The summed E-state index contributed by atoms with van der Waals surface area (Å²) in [6.45, 7) is 1.92. The van der Waals surface area contributed by atoms with Gasteiger partial charge in [0.05, 0.1) is 20.1 Å². The third-order valence-corrected chi connectivity index (χ3v) is 3.21. The van der Waals surface area contributed by atoms with Crippen molar-refractivity contribution in [2.75, 3.05) is 7.11 Å². The first-order chi connectivity index (χ1) is 10.0. The highest BCUT2D eigenvalue weighted by molar-refractivity contribution is 5.72. The van der Waals surface area contributed by atoms with E-state index in [-0.39, 0.29) is 24.5 Å². The van der Waals surface area contributed by atoms with E-state index in [2.05, 4.69) is 9.72 Å². The molecule has 0 atom stereocenters. The number of esters is 1. The van der Waals surface area contributed by atoms with Crippen molar-refractivity contribution >= 4 is 5.97 Å². The van der Waals surface area contributed by atoms with Crippen LogP contribution in [0.5, 0.6) is 0 Å². The normalized spacial score (nSPS) is 10.4. The van der Waals surface area contributed by atoms with Gasteiger partial charge in [-0.2, -0.15) is 0 Å². The number of carbonyl (C=O) groups is 1. The van der Waals surface area contributed by atoms with Crippen molar-refractivity contribution < 1.29 is 9.53 Å². The Morgan fingerprint density at radius 2 is 1.90 bits per heavy atom. The van der Waals surface area contributed by atoms with E-state index in [0.29, 0.717) is 5.56 Å². The van der Waals surface area contributed by atoms with Crippen LogP contribution in [0.2, 0.25) is 0 Å². The summed E-state index contributed by atoms with van der Waals surface area (Å²) in [5.74, 6) is -0.340. The zero-order valence-electron chi connectivity index (χ0n) is 11.9. The van der Waals surface area contributed by atoms with E-state index >= 15 is 0 Å². The number of methoxy groups -OCH3 is 1. The molecule has 1 heterocycles. The lowest BCUT2D eigenvalue weighted by molar-refractivity contribution is -0.139. The minimum Gasteiger partial charge on any atom is -0.469 e. The van der Waals surface area contributed by atoms with Crippen LogP contribution in [0, 0.1) is 6.92 Å². The number of carbonyl (C=O) groups excluding carboxylic acids is 1. The third-order valence-electron chi connectivity index (χ3n) is 3.21. The van der Waals surface area contributed by atoms with Gasteiger partial charge in [0, 0.05) is 11.8 Å². The van der Waals surface area contributed by atoms with Gasteiger partial charge >= 0.3 is 11.7 Å². The second-order valence-electron chi connectivity index (χ2n) is 4.72. The van der Waals surface area contributed by atoms with E-state index in [1.807, 2.05) is 24.3 Å². The second-order valence-corrected chi connectivity index (χ2v) is 4.72. The summed E-state index contributed by atoms with van der Waals surface area (Å²) in [5.41, 5.74) is 1.22. The molecule has 0 spiro atoms. The van der Waals surface area contributed by atoms with Crippen LogP contribution >= 0.6 is 0 Å². The number of aromatic amines is 1. The molecule has 110 valence electrons. The summed E-state index contributed by atoms with van der Waals surface area (Å²) >= 11 is 0. The van der Waals surface area contributed by atoms with E-state index in [4.69, 9.17) is 0 Å². The fraction of sp³-hybridized carbons (Fsp3) is 0.267. The van der Waals surface area contributed by atoms with Crippen LogP contribution in [0.4, 0.5) is 0 Å². The Morgan fingerprint density at radius 3 is 2.57 bits per heavy atom. The summed E-state index contributed by atoms with van der Waals surface area (Å²) < 4.78 is 6.07. The van der Waals surface area contributed by atoms with Crippen LogP contribution in [0.15, 0.2) is 40.1 Å². The summed E-state index contributed by atoms with van der Waals surface area (Å²) in [6.07, 6.45) is 1.65. The molecule has 0 radical (unpaired) electrons. The first kappa shape index (κ1) is 14.8. The number of aryl methyl sites for hydroxylation is 1. The van der Waals surface area contributed by atoms with Crippen LogP contribution in [-0.2, 0) is 22.5 Å². The molecule has 21 heavy (non-hydrogen) atoms. The number of ether oxygens (including phenoxy) is 1. The lowest BCUT2D eigenvalue weighted by atomic mass is 10.0. The molecule has 1 aromatic carbocycles. The van der Waals surface area contributed by atoms with Gasteiger partial charge in [-0.05, 0) is 18.1 Å². The number of hydrogen-bond donors (Lipinski definition) is 1. The van der Waals surface area contributed by atoms with Gasteiger partial charge in [-0.15, -0.1) is 0 Å². The summed E-state index contributed by atoms with van der Waals surface area (Å²) in [5, 5.41) is 0. The molecule has 0 aliphatic heterocycles. The fourth-order valence-electron chi connectivity index (χ4n) is 2.03. The van der Waals surface area contributed by atoms with Gasteiger partial charge in [0.2, 0.25) is 0 Å². The van der Waals surface area contributed by atoms with Crippen molar-refractivity contribution in [3.05, 3.63) is 68.0 Å². The molecule has 1 N–H and O–H groups in total. The van der Waals surface area contributed by atoms with Gasteiger partial charge in [0.25, 0.3) is 5.56 Å². The maximum Gasteiger partial charge on any atom is 0.328 e. The first-order valence-electron chi connectivity index (χ1n) is 6.45. The average molecular weight is 288 g/mol. The third kappa shape index (κ3) is 3.47. The van der Waals surface area contributed by atoms with Crippen molar-refractivity contribution in [1.29, 1.82) is 0 Å². The SMILES string of the molecule is COC(=O)Cc1ccccc1Cn1cc(C)c(=O)[nH]c1=O. The predicted molar refractivity (Wildman–Crippen MR) is 77.3 cm³/mol. The zero-order chi connectivity index (χ0) is 15.4. The molecular formula is C15H16N2O4. The topological polar surface area (TPSA) is 81.2 Å². The van der Waals surface area contributed by atoms with E-state index in [1.54, 1.807) is 6.92 Å². The number of hydrogen-bond acceptors (Lipinski definition) is 4. The Kier molecular flexibility index (Phi) is 4.37. The maximum atomic E-state index is 11.8. The highest BCUT2D eigenvalue weighted by Gasteiger charge is 2.09. The minimum absolute atomic E-state index is 0.143. The Bertz CT molecular complexity index is 774. The lowest BCUT2D eigenvalue weighted by Gasteiger charge is -2.10. The molecule has 2 aromatic rings. The van der Waals surface area contributed by atoms with Crippen LogP contribution in [0.3, 0.4) is 0 Å². The molecular weight excluding hydrogens is 272 g/mol. The number of rotatable bonds is 4. The molecule has 6 nitrogen and oxygen atoms in total. The summed E-state index contributed by atoms with van der Waals surface area (Å²) in [6, 6.07) is 7.31. The van der Waals surface area contributed by atoms with Crippen molar-refractivity contribution in [2.24, 2.45) is 0 Å². The maximum absolute atomic E-state index is 11.8. The highest BCUT2D eigenvalue weighted by atomic mass is 16.5. The van der Waals surface area contributed by atoms with E-state index in [1.165, 1.54) is 17.9 Å². The quantitative estimate of drug-likeness (QED) is 0.836. The molecule has 0 fully saturated rings. The number of H-pyrrole nitrogens is 1. The minimum atomic E-state index is -0.474. The highest BCUT2D eigenvalue weighted by Crippen LogP contribution is 2.11. The molecule has 2 rings (SSSR count). The number of nitrogens with zero attached hydrogens (tertiary/aromatic N) is 1. The van der Waals surface area contributed by atoms with Crippen LogP contribution in [-0.4, -0.2) is 22.6 Å². The molecule has 0 saturated heterocycles. The Hall–Kier alpha value is -2.63. The number of nitrogens with one attached hydrogen (secondary N) is 1. The molecule has 0 bridgehead atoms. The number of aromatic nitrogens is 2. The van der Waals surface area contributed by atoms with Gasteiger partial charge in [0.1, 0.15) is 0 Å². The molecule has 0 aliphatic rings. The predicted octanol–water partition coefficient (Wildman–Crippen LogP) is 0.609. The van der Waals surface area contributed by atoms with E-state index in [9.17, 15) is 14.4 Å². The standard InChI is InChI=1S/C15H16N2O4/c1-10-8-17(15(20)16-14(10)19)9-12-6-4-3-5-11(12)7-13(18)21-2/h3-6,8H,7,9H2,1-2H3,(H,16,19,20). The Labute approximate surface area is 121 Å². The zero-order valence-corrected chi connectivity index (χ0v) is 11.9. The molecule has 0 aliphatic carbocycles. The second kappa shape index (κ2) is 6.21. The Balaban J connectivity index is 2.36. The molecule has 6 heteroatoms. The van der Waals surface area contributed by atoms with Crippen molar-refractivity contribution in [3.63, 3.8) is 0 Å². The Morgan fingerprint density at radius 1 is 1.24 bits per heavy atom. The largest absolute Gasteiger partial charge is 0.469 e. The summed E-state index contributed by atoms with van der Waals surface area (Å²) in [7, 11) is 1.33. The van der Waals surface area contributed by atoms with Gasteiger partial charge in [-0.3, -0.25) is 19.1 Å². The van der Waals surface area contributed by atoms with Crippen molar-refractivity contribution in [1.82, 2.24) is 9.55 Å². The lowest BCUT2D eigenvalue weighted by Crippen LogP contribution is -2.31. The van der Waals surface area contributed by atoms with E-state index < -0.39 is 5.69 Å². The average Bonchev–Trinajstić information content (AvgIpc) is 2.46. The first-order valence-corrected chi connectivity index (χ1v) is 6.45. The van der Waals surface area contributed by atoms with Crippen LogP contribution in [0.1, 0.15) is 16.7 Å². The molecule has 0 amide bonds. The molecule has 0 unspecified atom stereocenters. The van der Waals surface area contributed by atoms with Gasteiger partial charge < -0.3 is 4.74 Å².